The van der Waals surface area contributed by atoms with Crippen LogP contribution < -0.4 is 4.90 Å². The summed E-state index contributed by atoms with van der Waals surface area (Å²) >= 11 is 0. The zero-order valence-electron chi connectivity index (χ0n) is 19.2. The number of amides is 1. The fourth-order valence-corrected chi connectivity index (χ4v) is 5.15. The van der Waals surface area contributed by atoms with Crippen molar-refractivity contribution in [2.45, 2.75) is 25.8 Å². The summed E-state index contributed by atoms with van der Waals surface area (Å²) in [5, 5.41) is 0. The Bertz CT molecular complexity index is 789. The van der Waals surface area contributed by atoms with Crippen LogP contribution in [0.5, 0.6) is 0 Å². The van der Waals surface area contributed by atoms with E-state index < -0.39 is 0 Å². The number of hydrogen-bond acceptors (Lipinski definition) is 5. The number of ether oxygens (including phenoxy) is 2. The summed E-state index contributed by atoms with van der Waals surface area (Å²) in [7, 11) is 1.67. The molecule has 1 atom stereocenters. The third kappa shape index (κ3) is 5.69. The summed E-state index contributed by atoms with van der Waals surface area (Å²) in [6.07, 6.45) is 7.13. The van der Waals surface area contributed by atoms with Crippen molar-refractivity contribution in [3.8, 4) is 0 Å². The molecule has 0 saturated carbocycles. The van der Waals surface area contributed by atoms with Crippen molar-refractivity contribution in [3.63, 3.8) is 0 Å². The van der Waals surface area contributed by atoms with E-state index in [2.05, 4.69) is 22.0 Å². The molecule has 32 heavy (non-hydrogen) atoms. The van der Waals surface area contributed by atoms with Gasteiger partial charge in [-0.1, -0.05) is 18.2 Å². The molecule has 7 heteroatoms. The molecular formula is C25H36FN3O3. The number of nitrogens with zero attached hydrogens (tertiary/aromatic N) is 3. The van der Waals surface area contributed by atoms with Gasteiger partial charge in [-0.05, 0) is 56.0 Å². The topological polar surface area (TPSA) is 45.2 Å². The van der Waals surface area contributed by atoms with Gasteiger partial charge in [-0.15, -0.1) is 0 Å². The lowest BCUT2D eigenvalue weighted by Gasteiger charge is -2.36. The SMILES string of the molecule is COCCN1CC=CCC(C2CCN(Cc3ccc(N4CCOCC4)c(F)c3)CC2)C1=O. The van der Waals surface area contributed by atoms with Crippen LogP contribution in [-0.2, 0) is 20.8 Å². The molecule has 1 aromatic rings. The minimum Gasteiger partial charge on any atom is -0.383 e. The lowest BCUT2D eigenvalue weighted by Crippen LogP contribution is -2.43. The Balaban J connectivity index is 1.30. The van der Waals surface area contributed by atoms with Crippen molar-refractivity contribution in [2.24, 2.45) is 11.8 Å². The Morgan fingerprint density at radius 1 is 1.12 bits per heavy atom. The van der Waals surface area contributed by atoms with Gasteiger partial charge < -0.3 is 19.3 Å². The molecule has 0 spiro atoms. The molecular weight excluding hydrogens is 409 g/mol. The van der Waals surface area contributed by atoms with Gasteiger partial charge in [0.15, 0.2) is 0 Å². The first-order valence-electron chi connectivity index (χ1n) is 11.9. The summed E-state index contributed by atoms with van der Waals surface area (Å²) in [4.78, 5) is 19.5. The molecule has 0 aliphatic carbocycles. The molecule has 2 fully saturated rings. The summed E-state index contributed by atoms with van der Waals surface area (Å²) in [6.45, 7) is 7.34. The summed E-state index contributed by atoms with van der Waals surface area (Å²) in [5.41, 5.74) is 1.69. The second-order valence-corrected chi connectivity index (χ2v) is 9.09. The van der Waals surface area contributed by atoms with Gasteiger partial charge in [0.05, 0.1) is 25.5 Å². The van der Waals surface area contributed by atoms with Crippen molar-refractivity contribution in [1.82, 2.24) is 9.80 Å². The number of carbonyl (C=O) groups is 1. The Labute approximate surface area is 190 Å². The molecule has 3 aliphatic heterocycles. The average molecular weight is 446 g/mol. The van der Waals surface area contributed by atoms with Crippen molar-refractivity contribution in [1.29, 1.82) is 0 Å². The van der Waals surface area contributed by atoms with Crippen LogP contribution in [0.4, 0.5) is 10.1 Å². The fraction of sp³-hybridized carbons (Fsp3) is 0.640. The normalized spacial score (nSPS) is 23.6. The van der Waals surface area contributed by atoms with Crippen LogP contribution in [0.2, 0.25) is 0 Å². The van der Waals surface area contributed by atoms with E-state index in [1.165, 1.54) is 0 Å². The lowest BCUT2D eigenvalue weighted by atomic mass is 9.81. The monoisotopic (exact) mass is 445 g/mol. The van der Waals surface area contributed by atoms with E-state index in [-0.39, 0.29) is 17.6 Å². The number of likely N-dealkylation sites (tertiary alicyclic amines) is 1. The number of benzene rings is 1. The lowest BCUT2D eigenvalue weighted by molar-refractivity contribution is -0.137. The molecule has 3 heterocycles. The van der Waals surface area contributed by atoms with E-state index in [1.807, 2.05) is 17.0 Å². The third-order valence-corrected chi connectivity index (χ3v) is 7.05. The van der Waals surface area contributed by atoms with E-state index in [0.717, 1.165) is 57.5 Å². The molecule has 2 saturated heterocycles. The number of allylic oxidation sites excluding steroid dienone is 1. The molecule has 6 nitrogen and oxygen atoms in total. The predicted octanol–water partition coefficient (Wildman–Crippen LogP) is 2.93. The van der Waals surface area contributed by atoms with Gasteiger partial charge >= 0.3 is 0 Å². The molecule has 0 aromatic heterocycles. The molecule has 1 amide bonds. The van der Waals surface area contributed by atoms with Crippen molar-refractivity contribution in [3.05, 3.63) is 41.7 Å². The Morgan fingerprint density at radius 2 is 1.91 bits per heavy atom. The minimum atomic E-state index is -0.147. The van der Waals surface area contributed by atoms with Gasteiger partial charge in [0.2, 0.25) is 5.91 Å². The Morgan fingerprint density at radius 3 is 2.62 bits per heavy atom. The van der Waals surface area contributed by atoms with Gasteiger partial charge in [-0.2, -0.15) is 0 Å². The van der Waals surface area contributed by atoms with Crippen LogP contribution in [0.15, 0.2) is 30.4 Å². The van der Waals surface area contributed by atoms with E-state index in [9.17, 15) is 9.18 Å². The number of carbonyl (C=O) groups excluding carboxylic acids is 1. The van der Waals surface area contributed by atoms with Crippen LogP contribution in [0.1, 0.15) is 24.8 Å². The van der Waals surface area contributed by atoms with Crippen molar-refractivity contribution >= 4 is 11.6 Å². The van der Waals surface area contributed by atoms with Crippen LogP contribution in [0, 0.1) is 17.7 Å². The highest BCUT2D eigenvalue weighted by atomic mass is 19.1. The van der Waals surface area contributed by atoms with Crippen molar-refractivity contribution < 1.29 is 18.7 Å². The second kappa shape index (κ2) is 11.3. The van der Waals surface area contributed by atoms with Gasteiger partial charge in [0, 0.05) is 45.8 Å². The van der Waals surface area contributed by atoms with Crippen LogP contribution in [0.25, 0.3) is 0 Å². The first-order valence-corrected chi connectivity index (χ1v) is 11.9. The summed E-state index contributed by atoms with van der Waals surface area (Å²) in [5.74, 6) is 0.600. The van der Waals surface area contributed by atoms with Crippen molar-refractivity contribution in [2.75, 3.05) is 71.1 Å². The highest BCUT2D eigenvalue weighted by Crippen LogP contribution is 2.31. The molecule has 0 bridgehead atoms. The van der Waals surface area contributed by atoms with Crippen LogP contribution in [0.3, 0.4) is 0 Å². The van der Waals surface area contributed by atoms with E-state index in [0.29, 0.717) is 44.5 Å². The van der Waals surface area contributed by atoms with E-state index in [1.54, 1.807) is 13.2 Å². The maximum absolute atomic E-state index is 14.7. The zero-order chi connectivity index (χ0) is 22.3. The van der Waals surface area contributed by atoms with Gasteiger partial charge in [0.1, 0.15) is 5.82 Å². The zero-order valence-corrected chi connectivity index (χ0v) is 19.2. The maximum Gasteiger partial charge on any atom is 0.226 e. The molecule has 4 rings (SSSR count). The van der Waals surface area contributed by atoms with Crippen LogP contribution in [-0.4, -0.2) is 81.9 Å². The Hall–Kier alpha value is -1.96. The second-order valence-electron chi connectivity index (χ2n) is 9.09. The van der Waals surface area contributed by atoms with Crippen LogP contribution >= 0.6 is 0 Å². The van der Waals surface area contributed by atoms with Gasteiger partial charge in [-0.25, -0.2) is 4.39 Å². The smallest absolute Gasteiger partial charge is 0.226 e. The average Bonchev–Trinajstić information content (AvgIpc) is 3.00. The largest absolute Gasteiger partial charge is 0.383 e. The first kappa shape index (κ1) is 23.2. The number of piperidine rings is 1. The number of halogens is 1. The quantitative estimate of drug-likeness (QED) is 0.604. The van der Waals surface area contributed by atoms with Gasteiger partial charge in [0.25, 0.3) is 0 Å². The third-order valence-electron chi connectivity index (χ3n) is 7.05. The number of hydrogen-bond donors (Lipinski definition) is 0. The predicted molar refractivity (Wildman–Crippen MR) is 123 cm³/mol. The number of rotatable bonds is 7. The molecule has 1 unspecified atom stereocenters. The number of methoxy groups -OCH3 is 1. The highest BCUT2D eigenvalue weighted by Gasteiger charge is 2.34. The number of anilines is 1. The Kier molecular flexibility index (Phi) is 8.16. The van der Waals surface area contributed by atoms with E-state index in [4.69, 9.17) is 9.47 Å². The summed E-state index contributed by atoms with van der Waals surface area (Å²) < 4.78 is 25.3. The van der Waals surface area contributed by atoms with Gasteiger partial charge in [-0.3, -0.25) is 9.69 Å². The molecule has 3 aliphatic rings. The molecule has 0 radical (unpaired) electrons. The molecule has 176 valence electrons. The highest BCUT2D eigenvalue weighted by molar-refractivity contribution is 5.80. The summed E-state index contributed by atoms with van der Waals surface area (Å²) in [6, 6.07) is 5.64. The van der Waals surface area contributed by atoms with E-state index >= 15 is 0 Å². The molecule has 1 aromatic carbocycles. The standard InChI is InChI=1S/C25H36FN3O3/c1-31-15-12-29-9-3-2-4-22(25(29)30)21-7-10-27(11-8-21)19-20-5-6-24(23(26)18-20)28-13-16-32-17-14-28/h2-3,5-6,18,21-22H,4,7-17,19H2,1H3. The number of morpholine rings is 1. The molecule has 0 N–H and O–H groups in total. The fourth-order valence-electron chi connectivity index (χ4n) is 5.15. The first-order chi connectivity index (χ1) is 15.7. The maximum atomic E-state index is 14.7. The minimum absolute atomic E-state index is 0.0676.